The second kappa shape index (κ2) is 5.25. The Morgan fingerprint density at radius 1 is 1.14 bits per heavy atom. The minimum atomic E-state index is -0.569. The molecular formula is C14H8BrF2N3O. The number of halogens is 3. The number of aromatic nitrogens is 2. The number of nitrogen functional groups attached to an aromatic ring is 1. The van der Waals surface area contributed by atoms with Crippen LogP contribution in [-0.4, -0.2) is 10.1 Å². The number of para-hydroxylation sites is 1. The highest BCUT2D eigenvalue weighted by atomic mass is 79.9. The van der Waals surface area contributed by atoms with Gasteiger partial charge in [-0.1, -0.05) is 27.2 Å². The molecule has 0 saturated carbocycles. The molecule has 0 saturated heterocycles. The van der Waals surface area contributed by atoms with E-state index in [9.17, 15) is 8.78 Å². The van der Waals surface area contributed by atoms with Crippen molar-refractivity contribution in [1.82, 2.24) is 10.1 Å². The van der Waals surface area contributed by atoms with Crippen molar-refractivity contribution in [3.05, 3.63) is 52.5 Å². The first kappa shape index (κ1) is 13.7. The maximum Gasteiger partial charge on any atom is 0.260 e. The van der Waals surface area contributed by atoms with Crippen LogP contribution in [0, 0.1) is 11.6 Å². The molecule has 0 bridgehead atoms. The van der Waals surface area contributed by atoms with Gasteiger partial charge in [-0.3, -0.25) is 0 Å². The number of nitrogens with zero attached hydrogens (tertiary/aromatic N) is 2. The van der Waals surface area contributed by atoms with Gasteiger partial charge in [-0.2, -0.15) is 4.98 Å². The molecule has 2 N–H and O–H groups in total. The molecule has 0 radical (unpaired) electrons. The van der Waals surface area contributed by atoms with Gasteiger partial charge in [0.25, 0.3) is 5.89 Å². The van der Waals surface area contributed by atoms with E-state index in [1.165, 1.54) is 24.3 Å². The minimum absolute atomic E-state index is 0.0717. The van der Waals surface area contributed by atoms with Gasteiger partial charge in [0.1, 0.15) is 11.6 Å². The molecule has 3 aromatic rings. The van der Waals surface area contributed by atoms with Gasteiger partial charge >= 0.3 is 0 Å². The third-order valence-electron chi connectivity index (χ3n) is 2.83. The lowest BCUT2D eigenvalue weighted by Crippen LogP contribution is -1.94. The van der Waals surface area contributed by atoms with Crippen LogP contribution < -0.4 is 5.73 Å². The van der Waals surface area contributed by atoms with Gasteiger partial charge in [0.2, 0.25) is 5.82 Å². The van der Waals surface area contributed by atoms with Crippen LogP contribution in [0.5, 0.6) is 0 Å². The quantitative estimate of drug-likeness (QED) is 0.708. The Morgan fingerprint density at radius 3 is 2.71 bits per heavy atom. The van der Waals surface area contributed by atoms with Crippen molar-refractivity contribution >= 4 is 21.6 Å². The molecule has 4 nitrogen and oxygen atoms in total. The van der Waals surface area contributed by atoms with Crippen molar-refractivity contribution in [2.75, 3.05) is 5.73 Å². The number of anilines is 1. The second-order valence-corrected chi connectivity index (χ2v) is 5.20. The van der Waals surface area contributed by atoms with Crippen LogP contribution in [0.4, 0.5) is 14.5 Å². The highest BCUT2D eigenvalue weighted by Crippen LogP contribution is 2.29. The van der Waals surface area contributed by atoms with Crippen LogP contribution in [0.3, 0.4) is 0 Å². The van der Waals surface area contributed by atoms with Crippen molar-refractivity contribution in [2.24, 2.45) is 0 Å². The lowest BCUT2D eigenvalue weighted by molar-refractivity contribution is 0.432. The lowest BCUT2D eigenvalue weighted by Gasteiger charge is -2.00. The summed E-state index contributed by atoms with van der Waals surface area (Å²) in [6.45, 7) is 0. The third kappa shape index (κ3) is 2.64. The standard InChI is InChI=1S/C14H8BrF2N3O/c15-8-4-7(5-9(16)6-8)13-19-14(21-20-13)10-2-1-3-11(17)12(10)18/h1-6H,18H2. The van der Waals surface area contributed by atoms with E-state index in [1.54, 1.807) is 12.1 Å². The molecule has 1 heterocycles. The summed E-state index contributed by atoms with van der Waals surface area (Å²) in [6, 6.07) is 8.52. The Hall–Kier alpha value is -2.28. The predicted octanol–water partition coefficient (Wildman–Crippen LogP) is 4.03. The molecule has 0 fully saturated rings. The van der Waals surface area contributed by atoms with Crippen LogP contribution in [0.1, 0.15) is 0 Å². The van der Waals surface area contributed by atoms with Crippen LogP contribution in [0.15, 0.2) is 45.4 Å². The third-order valence-corrected chi connectivity index (χ3v) is 3.29. The number of hydrogen-bond donors (Lipinski definition) is 1. The van der Waals surface area contributed by atoms with E-state index in [2.05, 4.69) is 26.1 Å². The van der Waals surface area contributed by atoms with Crippen molar-refractivity contribution in [3.63, 3.8) is 0 Å². The molecule has 106 valence electrons. The first-order valence-corrected chi connectivity index (χ1v) is 6.68. The second-order valence-electron chi connectivity index (χ2n) is 4.28. The average Bonchev–Trinajstić information content (AvgIpc) is 2.90. The Labute approximate surface area is 126 Å². The summed E-state index contributed by atoms with van der Waals surface area (Å²) in [5, 5.41) is 3.76. The van der Waals surface area contributed by atoms with Gasteiger partial charge < -0.3 is 10.3 Å². The van der Waals surface area contributed by atoms with E-state index in [-0.39, 0.29) is 17.4 Å². The van der Waals surface area contributed by atoms with Gasteiger partial charge in [-0.05, 0) is 30.3 Å². The Balaban J connectivity index is 2.06. The first-order chi connectivity index (χ1) is 10.0. The molecule has 21 heavy (non-hydrogen) atoms. The molecule has 1 aromatic heterocycles. The van der Waals surface area contributed by atoms with Gasteiger partial charge in [-0.25, -0.2) is 8.78 Å². The van der Waals surface area contributed by atoms with Crippen LogP contribution in [0.2, 0.25) is 0 Å². The molecule has 3 rings (SSSR count). The summed E-state index contributed by atoms with van der Waals surface area (Å²) >= 11 is 3.19. The van der Waals surface area contributed by atoms with E-state index in [1.807, 2.05) is 0 Å². The smallest absolute Gasteiger partial charge is 0.260 e. The SMILES string of the molecule is Nc1c(F)cccc1-c1nc(-c2cc(F)cc(Br)c2)no1. The normalized spacial score (nSPS) is 10.8. The Bertz CT molecular complexity index is 799. The van der Waals surface area contributed by atoms with E-state index in [0.29, 0.717) is 15.6 Å². The van der Waals surface area contributed by atoms with Crippen LogP contribution in [0.25, 0.3) is 22.8 Å². The molecule has 0 aliphatic heterocycles. The molecular weight excluding hydrogens is 344 g/mol. The summed E-state index contributed by atoms with van der Waals surface area (Å²) in [4.78, 5) is 4.12. The van der Waals surface area contributed by atoms with Crippen molar-refractivity contribution in [1.29, 1.82) is 0 Å². The average molecular weight is 352 g/mol. The number of rotatable bonds is 2. The zero-order valence-electron chi connectivity index (χ0n) is 10.5. The lowest BCUT2D eigenvalue weighted by atomic mass is 10.1. The predicted molar refractivity (Wildman–Crippen MR) is 77.2 cm³/mol. The molecule has 0 spiro atoms. The topological polar surface area (TPSA) is 64.9 Å². The van der Waals surface area contributed by atoms with Crippen molar-refractivity contribution < 1.29 is 13.3 Å². The van der Waals surface area contributed by atoms with Crippen LogP contribution in [-0.2, 0) is 0 Å². The van der Waals surface area contributed by atoms with Crippen molar-refractivity contribution in [3.8, 4) is 22.8 Å². The summed E-state index contributed by atoms with van der Waals surface area (Å²) in [5.41, 5.74) is 6.30. The molecule has 0 unspecified atom stereocenters. The molecule has 0 aliphatic rings. The summed E-state index contributed by atoms with van der Waals surface area (Å²) < 4.78 is 32.4. The Morgan fingerprint density at radius 2 is 1.95 bits per heavy atom. The van der Waals surface area contributed by atoms with Gasteiger partial charge in [0.15, 0.2) is 0 Å². The molecule has 0 amide bonds. The van der Waals surface area contributed by atoms with E-state index < -0.39 is 11.6 Å². The Kier molecular flexibility index (Phi) is 3.42. The highest BCUT2D eigenvalue weighted by molar-refractivity contribution is 9.10. The molecule has 2 aromatic carbocycles. The number of hydrogen-bond acceptors (Lipinski definition) is 4. The monoisotopic (exact) mass is 351 g/mol. The largest absolute Gasteiger partial charge is 0.396 e. The maximum atomic E-state index is 13.4. The number of nitrogens with two attached hydrogens (primary N) is 1. The minimum Gasteiger partial charge on any atom is -0.396 e. The van der Waals surface area contributed by atoms with Crippen molar-refractivity contribution in [2.45, 2.75) is 0 Å². The summed E-state index contributed by atoms with van der Waals surface area (Å²) in [6.07, 6.45) is 0. The van der Waals surface area contributed by atoms with Crippen LogP contribution >= 0.6 is 15.9 Å². The molecule has 0 aliphatic carbocycles. The first-order valence-electron chi connectivity index (χ1n) is 5.89. The van der Waals surface area contributed by atoms with E-state index >= 15 is 0 Å². The fraction of sp³-hybridized carbons (Fsp3) is 0. The number of benzene rings is 2. The summed E-state index contributed by atoms with van der Waals surface area (Å²) in [7, 11) is 0. The van der Waals surface area contributed by atoms with Gasteiger partial charge in [0, 0.05) is 10.0 Å². The zero-order chi connectivity index (χ0) is 15.0. The fourth-order valence-corrected chi connectivity index (χ4v) is 2.32. The summed E-state index contributed by atoms with van der Waals surface area (Å²) in [5.74, 6) is -0.743. The van der Waals surface area contributed by atoms with Gasteiger partial charge in [0.05, 0.1) is 11.3 Å². The zero-order valence-corrected chi connectivity index (χ0v) is 12.1. The van der Waals surface area contributed by atoms with E-state index in [4.69, 9.17) is 10.3 Å². The molecule has 7 heteroatoms. The molecule has 0 atom stereocenters. The van der Waals surface area contributed by atoms with E-state index in [0.717, 1.165) is 0 Å². The van der Waals surface area contributed by atoms with Gasteiger partial charge in [-0.15, -0.1) is 0 Å². The highest BCUT2D eigenvalue weighted by Gasteiger charge is 2.15. The maximum absolute atomic E-state index is 13.4. The fourth-order valence-electron chi connectivity index (χ4n) is 1.86.